The van der Waals surface area contributed by atoms with Gasteiger partial charge in [-0.2, -0.15) is 4.89 Å². The first-order chi connectivity index (χ1) is 12.3. The summed E-state index contributed by atoms with van der Waals surface area (Å²) >= 11 is 0. The van der Waals surface area contributed by atoms with Gasteiger partial charge in [0.1, 0.15) is 0 Å². The summed E-state index contributed by atoms with van der Waals surface area (Å²) in [5.74, 6) is 4.02. The van der Waals surface area contributed by atoms with E-state index < -0.39 is 8.03 Å². The summed E-state index contributed by atoms with van der Waals surface area (Å²) in [5.41, 5.74) is 0.733. The number of hydrogen-bond donors (Lipinski definition) is 2. The zero-order valence-corrected chi connectivity index (χ0v) is 17.5. The summed E-state index contributed by atoms with van der Waals surface area (Å²) < 4.78 is 11.6. The van der Waals surface area contributed by atoms with Crippen LogP contribution in [0.4, 0.5) is 0 Å². The molecule has 0 saturated heterocycles. The van der Waals surface area contributed by atoms with Crippen molar-refractivity contribution in [3.05, 3.63) is 11.4 Å². The van der Waals surface area contributed by atoms with Crippen molar-refractivity contribution in [1.29, 1.82) is 0 Å². The molecule has 4 heteroatoms. The molecule has 0 aliphatic heterocycles. The summed E-state index contributed by atoms with van der Waals surface area (Å²) in [4.78, 5) is 9.57. The first kappa shape index (κ1) is 19.1. The summed E-state index contributed by atoms with van der Waals surface area (Å²) in [6.45, 7) is 7.58. The van der Waals surface area contributed by atoms with Crippen LogP contribution in [-0.2, 0) is 4.57 Å². The van der Waals surface area contributed by atoms with Crippen LogP contribution in [0.25, 0.3) is 0 Å². The van der Waals surface area contributed by atoms with Crippen LogP contribution in [0.2, 0.25) is 0 Å². The lowest BCUT2D eigenvalue weighted by Gasteiger charge is -2.59. The van der Waals surface area contributed by atoms with Crippen LogP contribution in [0.3, 0.4) is 0 Å². The van der Waals surface area contributed by atoms with E-state index in [9.17, 15) is 14.6 Å². The molecule has 0 amide bonds. The maximum Gasteiger partial charge on any atom is 0.541 e. The highest BCUT2D eigenvalue weighted by Crippen LogP contribution is 2.68. The average Bonchev–Trinajstić information content (AvgIpc) is 2.97. The monoisotopic (exact) mass is 379 g/mol. The third-order valence-corrected chi connectivity index (χ3v) is 10.4. The van der Waals surface area contributed by atoms with Crippen molar-refractivity contribution < 1.29 is 14.6 Å². The lowest BCUT2D eigenvalue weighted by Crippen LogP contribution is -2.52. The number of aliphatic hydroxyl groups is 1. The Balaban J connectivity index is 1.60. The number of fused-ring (bicyclic) bond motifs is 5. The quantitative estimate of drug-likeness (QED) is 0.636. The molecule has 2 N–H and O–H groups in total. The van der Waals surface area contributed by atoms with Gasteiger partial charge in [-0.25, -0.2) is 0 Å². The Bertz CT molecular complexity index is 617. The molecule has 3 nitrogen and oxygen atoms in total. The van der Waals surface area contributed by atoms with E-state index in [0.29, 0.717) is 35.2 Å². The molecular weight excluding hydrogens is 343 g/mol. The van der Waals surface area contributed by atoms with Gasteiger partial charge in [-0.1, -0.05) is 20.8 Å². The largest absolute Gasteiger partial charge is 0.541 e. The van der Waals surface area contributed by atoms with Crippen molar-refractivity contribution in [1.82, 2.24) is 0 Å². The Morgan fingerprint density at radius 3 is 2.54 bits per heavy atom. The fourth-order valence-corrected chi connectivity index (χ4v) is 8.72. The van der Waals surface area contributed by atoms with Gasteiger partial charge in [0.25, 0.3) is 0 Å². The first-order valence-electron chi connectivity index (χ1n) is 10.8. The van der Waals surface area contributed by atoms with Gasteiger partial charge in [0.2, 0.25) is 0 Å². The van der Waals surface area contributed by atoms with Gasteiger partial charge < -0.3 is 5.11 Å². The Morgan fingerprint density at radius 2 is 1.85 bits per heavy atom. The highest BCUT2D eigenvalue weighted by molar-refractivity contribution is 7.43. The van der Waals surface area contributed by atoms with Gasteiger partial charge in [0, 0.05) is 13.0 Å². The zero-order chi connectivity index (χ0) is 18.7. The van der Waals surface area contributed by atoms with Crippen LogP contribution in [0.15, 0.2) is 11.4 Å². The highest BCUT2D eigenvalue weighted by atomic mass is 31.1. The number of rotatable bonds is 3. The first-order valence-corrected chi connectivity index (χ1v) is 12.0. The topological polar surface area (TPSA) is 57.5 Å². The smallest absolute Gasteiger partial charge is 0.396 e. The summed E-state index contributed by atoms with van der Waals surface area (Å²) in [6.07, 6.45) is 11.8. The molecule has 4 aliphatic rings. The normalized spacial score (nSPS) is 49.5. The van der Waals surface area contributed by atoms with E-state index in [0.717, 1.165) is 35.9 Å². The van der Waals surface area contributed by atoms with Crippen molar-refractivity contribution in [3.63, 3.8) is 0 Å². The Hall–Kier alpha value is -0.240. The predicted molar refractivity (Wildman–Crippen MR) is 105 cm³/mol. The molecule has 0 radical (unpaired) electrons. The van der Waals surface area contributed by atoms with E-state index in [4.69, 9.17) is 0 Å². The Morgan fingerprint density at radius 1 is 1.12 bits per heavy atom. The minimum Gasteiger partial charge on any atom is -0.396 e. The maximum absolute atomic E-state index is 11.6. The second kappa shape index (κ2) is 6.68. The molecule has 0 aromatic carbocycles. The fourth-order valence-electron chi connectivity index (χ4n) is 8.10. The number of allylic oxidation sites excluding steroid dienone is 2. The Labute approximate surface area is 159 Å². The molecular formula is C22H36O3P+. The number of aliphatic hydroxyl groups excluding tert-OH is 1. The minimum atomic E-state index is -2.14. The molecule has 4 aliphatic carbocycles. The molecule has 0 aromatic rings. The van der Waals surface area contributed by atoms with Crippen LogP contribution in [0, 0.1) is 46.3 Å². The van der Waals surface area contributed by atoms with Crippen LogP contribution >= 0.6 is 8.03 Å². The van der Waals surface area contributed by atoms with Crippen molar-refractivity contribution in [3.8, 4) is 0 Å². The number of hydrogen-bond acceptors (Lipinski definition) is 2. The summed E-state index contributed by atoms with van der Waals surface area (Å²) in [5, 5.41) is 10.6. The van der Waals surface area contributed by atoms with Crippen molar-refractivity contribution in [2.75, 3.05) is 6.61 Å². The highest BCUT2D eigenvalue weighted by Gasteiger charge is 2.60. The second-order valence-electron chi connectivity index (χ2n) is 10.4. The average molecular weight is 380 g/mol. The molecule has 0 spiro atoms. The summed E-state index contributed by atoms with van der Waals surface area (Å²) in [6, 6.07) is 0. The molecule has 9 atom stereocenters. The molecule has 146 valence electrons. The maximum atomic E-state index is 11.6. The van der Waals surface area contributed by atoms with Gasteiger partial charge in [-0.15, -0.1) is 0 Å². The molecule has 0 bridgehead atoms. The van der Waals surface area contributed by atoms with E-state index in [1.807, 2.05) is 0 Å². The second-order valence-corrected chi connectivity index (χ2v) is 11.5. The summed E-state index contributed by atoms with van der Waals surface area (Å²) in [7, 11) is -2.14. The molecule has 3 saturated carbocycles. The van der Waals surface area contributed by atoms with Gasteiger partial charge in [0.05, 0.1) is 0 Å². The third-order valence-electron chi connectivity index (χ3n) is 9.55. The van der Waals surface area contributed by atoms with E-state index >= 15 is 0 Å². The molecule has 0 aromatic heterocycles. The molecule has 26 heavy (non-hydrogen) atoms. The SMILES string of the molecule is CC(CO)[C@H]1CC[C@H]2[C@@H]3CCC4C=C([P+](=O)O)CC[C@]4(C)[C@H]3CC[C@]12C. The molecule has 0 heterocycles. The van der Waals surface area contributed by atoms with E-state index in [1.165, 1.54) is 38.5 Å². The van der Waals surface area contributed by atoms with E-state index in [2.05, 4.69) is 26.8 Å². The molecule has 4 rings (SSSR count). The van der Waals surface area contributed by atoms with Crippen molar-refractivity contribution in [2.24, 2.45) is 46.3 Å². The van der Waals surface area contributed by atoms with Gasteiger partial charge in [-0.3, -0.25) is 0 Å². The Kier molecular flexibility index (Phi) is 4.90. The fraction of sp³-hybridized carbons (Fsp3) is 0.909. The third kappa shape index (κ3) is 2.68. The molecule has 3 fully saturated rings. The van der Waals surface area contributed by atoms with Crippen LogP contribution in [-0.4, -0.2) is 16.6 Å². The lowest BCUT2D eigenvalue weighted by molar-refractivity contribution is -0.0972. The van der Waals surface area contributed by atoms with E-state index in [1.54, 1.807) is 0 Å². The van der Waals surface area contributed by atoms with Gasteiger partial charge in [0.15, 0.2) is 5.31 Å². The lowest BCUT2D eigenvalue weighted by atomic mass is 9.45. The van der Waals surface area contributed by atoms with E-state index in [-0.39, 0.29) is 0 Å². The predicted octanol–water partition coefficient (Wildman–Crippen LogP) is 5.50. The van der Waals surface area contributed by atoms with Crippen LogP contribution in [0.5, 0.6) is 0 Å². The zero-order valence-electron chi connectivity index (χ0n) is 16.7. The van der Waals surface area contributed by atoms with Crippen LogP contribution in [0.1, 0.15) is 72.1 Å². The molecule has 3 unspecified atom stereocenters. The van der Waals surface area contributed by atoms with Gasteiger partial charge in [-0.05, 0) is 102 Å². The standard InChI is InChI=1S/C22H35O3P/c1-14(13-23)18-6-7-19-17-5-4-15-12-16(26(24)25)8-10-21(15,2)20(17)9-11-22(18,19)3/h12,14-15,17-20,23H,4-11,13H2,1-3H3/p+1/t14?,15?,17-,18+,19-,20-,21-,22+/m0/s1. The van der Waals surface area contributed by atoms with Gasteiger partial charge >= 0.3 is 8.03 Å². The van der Waals surface area contributed by atoms with Crippen molar-refractivity contribution in [2.45, 2.75) is 72.1 Å². The minimum absolute atomic E-state index is 0.319. The van der Waals surface area contributed by atoms with Crippen molar-refractivity contribution >= 4 is 8.03 Å². The van der Waals surface area contributed by atoms with Crippen LogP contribution < -0.4 is 0 Å².